The number of nitrogens with zero attached hydrogens (tertiary/aromatic N) is 1. The lowest BCUT2D eigenvalue weighted by atomic mass is 10.0. The first-order chi connectivity index (χ1) is 5.97. The van der Waals surface area contributed by atoms with E-state index in [9.17, 15) is 5.11 Å². The monoisotopic (exact) mass is 200 g/mol. The molecule has 1 aromatic rings. The summed E-state index contributed by atoms with van der Waals surface area (Å²) in [4.78, 5) is 4.34. The molecule has 0 saturated carbocycles. The van der Waals surface area contributed by atoms with Gasteiger partial charge in [0, 0.05) is 17.8 Å². The van der Waals surface area contributed by atoms with Gasteiger partial charge in [-0.05, 0) is 6.92 Å². The van der Waals surface area contributed by atoms with Crippen LogP contribution in [0.2, 0.25) is 0 Å². The van der Waals surface area contributed by atoms with Crippen molar-refractivity contribution in [2.24, 2.45) is 5.73 Å². The lowest BCUT2D eigenvalue weighted by molar-refractivity contribution is 0.0627. The van der Waals surface area contributed by atoms with Crippen LogP contribution in [-0.4, -0.2) is 16.6 Å². The molecule has 1 aromatic heterocycles. The van der Waals surface area contributed by atoms with Crippen LogP contribution in [0.3, 0.4) is 0 Å². The van der Waals surface area contributed by atoms with Crippen molar-refractivity contribution in [1.82, 2.24) is 4.98 Å². The maximum atomic E-state index is 9.81. The van der Waals surface area contributed by atoms with Crippen LogP contribution < -0.4 is 5.73 Å². The Labute approximate surface area is 82.6 Å². The molecule has 3 N–H and O–H groups in total. The Hall–Kier alpha value is -0.450. The zero-order valence-corrected chi connectivity index (χ0v) is 9.06. The summed E-state index contributed by atoms with van der Waals surface area (Å²) in [5.41, 5.74) is 5.14. The summed E-state index contributed by atoms with van der Waals surface area (Å²) in [6, 6.07) is 0. The van der Waals surface area contributed by atoms with Gasteiger partial charge < -0.3 is 10.8 Å². The van der Waals surface area contributed by atoms with Crippen LogP contribution in [0.5, 0.6) is 0 Å². The zero-order valence-electron chi connectivity index (χ0n) is 8.24. The maximum absolute atomic E-state index is 9.81. The van der Waals surface area contributed by atoms with Gasteiger partial charge in [-0.25, -0.2) is 4.98 Å². The molecule has 0 saturated heterocycles. The minimum Gasteiger partial charge on any atom is -0.382 e. The van der Waals surface area contributed by atoms with Crippen molar-refractivity contribution in [3.63, 3.8) is 0 Å². The first kappa shape index (κ1) is 10.6. The molecule has 1 rings (SSSR count). The van der Waals surface area contributed by atoms with E-state index >= 15 is 0 Å². The molecule has 74 valence electrons. The first-order valence-electron chi connectivity index (χ1n) is 4.35. The highest BCUT2D eigenvalue weighted by Crippen LogP contribution is 2.25. The minimum atomic E-state index is -0.983. The topological polar surface area (TPSA) is 59.1 Å². The summed E-state index contributed by atoms with van der Waals surface area (Å²) >= 11 is 1.57. The van der Waals surface area contributed by atoms with Crippen molar-refractivity contribution in [2.45, 2.75) is 32.3 Å². The summed E-state index contributed by atoms with van der Waals surface area (Å²) in [7, 11) is 0. The minimum absolute atomic E-state index is 0.203. The third-order valence-corrected chi connectivity index (χ3v) is 3.11. The van der Waals surface area contributed by atoms with Crippen molar-refractivity contribution in [1.29, 1.82) is 0 Å². The number of hydrogen-bond donors (Lipinski definition) is 2. The van der Waals surface area contributed by atoms with Gasteiger partial charge in [-0.15, -0.1) is 11.3 Å². The second-order valence-electron chi connectivity index (χ2n) is 3.70. The predicted molar refractivity (Wildman–Crippen MR) is 54.8 cm³/mol. The molecule has 1 unspecified atom stereocenters. The Morgan fingerprint density at radius 1 is 1.69 bits per heavy atom. The van der Waals surface area contributed by atoms with Gasteiger partial charge in [0.2, 0.25) is 0 Å². The molecular weight excluding hydrogens is 184 g/mol. The van der Waals surface area contributed by atoms with Crippen LogP contribution in [0.25, 0.3) is 0 Å². The smallest absolute Gasteiger partial charge is 0.117 e. The quantitative estimate of drug-likeness (QED) is 0.776. The number of thiazole rings is 1. The van der Waals surface area contributed by atoms with Gasteiger partial charge in [0.15, 0.2) is 0 Å². The number of aromatic nitrogens is 1. The molecule has 3 nitrogen and oxygen atoms in total. The number of hydrogen-bond acceptors (Lipinski definition) is 4. The highest BCUT2D eigenvalue weighted by atomic mass is 32.1. The molecule has 1 heterocycles. The van der Waals surface area contributed by atoms with Crippen LogP contribution in [0.15, 0.2) is 5.38 Å². The fraction of sp³-hybridized carbons (Fsp3) is 0.667. The normalized spacial score (nSPS) is 16.2. The Bertz CT molecular complexity index is 281. The lowest BCUT2D eigenvalue weighted by Gasteiger charge is -2.17. The van der Waals surface area contributed by atoms with Crippen LogP contribution in [0.1, 0.15) is 37.4 Å². The van der Waals surface area contributed by atoms with Crippen LogP contribution >= 0.6 is 11.3 Å². The third kappa shape index (κ3) is 2.27. The SMILES string of the molecule is CC(C)c1nc(C(C)(O)CN)cs1. The molecular formula is C9H16N2OS. The molecule has 13 heavy (non-hydrogen) atoms. The van der Waals surface area contributed by atoms with Crippen molar-refractivity contribution < 1.29 is 5.11 Å². The predicted octanol–water partition coefficient (Wildman–Crippen LogP) is 1.43. The standard InChI is InChI=1S/C9H16N2OS/c1-6(2)8-11-7(4-13-8)9(3,12)5-10/h4,6,12H,5,10H2,1-3H3. The Morgan fingerprint density at radius 2 is 2.31 bits per heavy atom. The highest BCUT2D eigenvalue weighted by Gasteiger charge is 2.24. The van der Waals surface area contributed by atoms with E-state index in [1.54, 1.807) is 18.3 Å². The number of aliphatic hydroxyl groups is 1. The van der Waals surface area contributed by atoms with Crippen molar-refractivity contribution in [3.05, 3.63) is 16.1 Å². The third-order valence-electron chi connectivity index (χ3n) is 1.97. The molecule has 0 aliphatic rings. The van der Waals surface area contributed by atoms with Crippen LogP contribution in [-0.2, 0) is 5.60 Å². The molecule has 4 heteroatoms. The van der Waals surface area contributed by atoms with Crippen LogP contribution in [0.4, 0.5) is 0 Å². The summed E-state index contributed by atoms with van der Waals surface area (Å²) in [5, 5.41) is 12.7. The second kappa shape index (κ2) is 3.74. The molecule has 0 aliphatic carbocycles. The fourth-order valence-electron chi connectivity index (χ4n) is 0.905. The van der Waals surface area contributed by atoms with Gasteiger partial charge in [0.1, 0.15) is 5.60 Å². The largest absolute Gasteiger partial charge is 0.382 e. The molecule has 0 radical (unpaired) electrons. The molecule has 1 atom stereocenters. The van der Waals surface area contributed by atoms with Crippen molar-refractivity contribution in [2.75, 3.05) is 6.54 Å². The Balaban J connectivity index is 2.91. The number of rotatable bonds is 3. The number of nitrogens with two attached hydrogens (primary N) is 1. The summed E-state index contributed by atoms with van der Waals surface area (Å²) in [5.74, 6) is 0.410. The molecule has 0 fully saturated rings. The second-order valence-corrected chi connectivity index (χ2v) is 4.59. The maximum Gasteiger partial charge on any atom is 0.117 e. The first-order valence-corrected chi connectivity index (χ1v) is 5.23. The van der Waals surface area contributed by atoms with Crippen molar-refractivity contribution >= 4 is 11.3 Å². The summed E-state index contributed by atoms with van der Waals surface area (Å²) in [6.45, 7) is 6.06. The molecule has 0 amide bonds. The van der Waals surface area contributed by atoms with E-state index in [0.29, 0.717) is 11.6 Å². The lowest BCUT2D eigenvalue weighted by Crippen LogP contribution is -2.31. The Morgan fingerprint density at radius 3 is 2.69 bits per heavy atom. The average molecular weight is 200 g/mol. The van der Waals surface area contributed by atoms with Gasteiger partial charge in [0.25, 0.3) is 0 Å². The van der Waals surface area contributed by atoms with E-state index in [-0.39, 0.29) is 6.54 Å². The van der Waals surface area contributed by atoms with E-state index in [2.05, 4.69) is 18.8 Å². The summed E-state index contributed by atoms with van der Waals surface area (Å²) < 4.78 is 0. The van der Waals surface area contributed by atoms with E-state index in [4.69, 9.17) is 5.73 Å². The molecule has 0 aromatic carbocycles. The zero-order chi connectivity index (χ0) is 10.1. The molecule has 0 bridgehead atoms. The van der Waals surface area contributed by atoms with E-state index in [0.717, 1.165) is 5.01 Å². The summed E-state index contributed by atoms with van der Waals surface area (Å²) in [6.07, 6.45) is 0. The molecule has 0 spiro atoms. The average Bonchev–Trinajstić information content (AvgIpc) is 2.52. The van der Waals surface area contributed by atoms with Gasteiger partial charge in [0.05, 0.1) is 10.7 Å². The highest BCUT2D eigenvalue weighted by molar-refractivity contribution is 7.09. The molecule has 0 aliphatic heterocycles. The van der Waals surface area contributed by atoms with E-state index in [1.807, 2.05) is 5.38 Å². The van der Waals surface area contributed by atoms with Gasteiger partial charge in [-0.2, -0.15) is 0 Å². The van der Waals surface area contributed by atoms with Crippen molar-refractivity contribution in [3.8, 4) is 0 Å². The van der Waals surface area contributed by atoms with Crippen LogP contribution in [0, 0.1) is 0 Å². The van der Waals surface area contributed by atoms with Gasteiger partial charge >= 0.3 is 0 Å². The fourth-order valence-corrected chi connectivity index (χ4v) is 1.87. The van der Waals surface area contributed by atoms with Gasteiger partial charge in [-0.1, -0.05) is 13.8 Å². The van der Waals surface area contributed by atoms with E-state index in [1.165, 1.54) is 0 Å². The Kier molecular flexibility index (Phi) is 3.05. The van der Waals surface area contributed by atoms with Gasteiger partial charge in [-0.3, -0.25) is 0 Å². The van der Waals surface area contributed by atoms with E-state index < -0.39 is 5.60 Å².